The molecule has 13 nitrogen and oxygen atoms in total. The fraction of sp³-hybridized carbons (Fsp3) is 0.273. The molecule has 0 saturated heterocycles. The van der Waals surface area contributed by atoms with Crippen LogP contribution in [0.3, 0.4) is 0 Å². The largest absolute Gasteiger partial charge is 0.462 e. The van der Waals surface area contributed by atoms with Crippen LogP contribution in [0.4, 0.5) is 0 Å². The number of ether oxygens (including phenoxy) is 4. The van der Waals surface area contributed by atoms with E-state index in [0.29, 0.717) is 37.3 Å². The van der Waals surface area contributed by atoms with Crippen LogP contribution in [0, 0.1) is 68.1 Å². The number of esters is 4. The molecule has 8 rings (SSSR count). The molecule has 6 aromatic rings. The highest BCUT2D eigenvalue weighted by Gasteiger charge is 2.36. The maximum Gasteiger partial charge on any atom is 0.385 e. The first kappa shape index (κ1) is 60.5. The number of hydrogen-bond acceptors (Lipinski definition) is 12. The molecule has 6 aromatic carbocycles. The molecule has 0 radical (unpaired) electrons. The van der Waals surface area contributed by atoms with Gasteiger partial charge in [0.15, 0.2) is 0 Å². The van der Waals surface area contributed by atoms with E-state index in [2.05, 4.69) is 81.3 Å². The fourth-order valence-electron chi connectivity index (χ4n) is 9.27. The Morgan fingerprint density at radius 2 is 0.912 bits per heavy atom. The van der Waals surface area contributed by atoms with Crippen molar-refractivity contribution in [3.8, 4) is 80.7 Å². The van der Waals surface area contributed by atoms with Crippen LogP contribution < -0.4 is 10.6 Å². The molecule has 2 N–H and O–H groups in total. The predicted molar refractivity (Wildman–Crippen MR) is 311 cm³/mol. The summed E-state index contributed by atoms with van der Waals surface area (Å²) in [6.07, 6.45) is 0. The van der Waals surface area contributed by atoms with Crippen molar-refractivity contribution in [1.82, 2.24) is 14.9 Å². The molecule has 80 heavy (non-hydrogen) atoms. The first-order valence-electron chi connectivity index (χ1n) is 26.3. The number of carbonyl (C=O) groups excluding carboxylic acids is 4. The van der Waals surface area contributed by atoms with E-state index < -0.39 is 33.9 Å². The molecule has 0 amide bonds. The lowest BCUT2D eigenvalue weighted by Gasteiger charge is -2.27. The summed E-state index contributed by atoms with van der Waals surface area (Å²) in [5, 5.41) is 7.03. The molecule has 2 aliphatic rings. The Balaban J connectivity index is 0.000000228. The molecule has 0 fully saturated rings. The van der Waals surface area contributed by atoms with E-state index >= 15 is 0 Å². The Morgan fingerprint density at radius 3 is 1.32 bits per heavy atom. The number of hydrogen-bond donors (Lipinski definition) is 2. The van der Waals surface area contributed by atoms with Gasteiger partial charge in [0.05, 0.1) is 55.5 Å². The smallest absolute Gasteiger partial charge is 0.385 e. The minimum absolute atomic E-state index is 0.0970. The number of carbonyl (C=O) groups is 4. The quantitative estimate of drug-likeness (QED) is 0.0487. The standard InChI is InChI=1S/C36H36N2O4.C20H19NO2S.C10H10O4/c1-5-41-35(39)33-29(21(3)25-17-37-19-27(25)31(33)23-13-9-7-10-14-23)30-22(4)26-18-38-20-28(26)32(24-15-11-8-12-16-24)34(30)36(40)42-6-2;1-3-4-16-21(17-8-11-19-9-6-5-7-10-19)24(22,23)20-14-12-18(2)13-15-20;1-3-13-9(11)7-5-6-8-10(12)14-4-2/h7-16,37-38H,5-6,17-20H2,1-4H3;5-7,9-10,12-15H,16-17H2,1-2H3;3-4H2,1-2H3. The topological polar surface area (TPSA) is 167 Å². The van der Waals surface area contributed by atoms with Crippen LogP contribution in [-0.2, 0) is 64.7 Å². The second kappa shape index (κ2) is 29.9. The highest BCUT2D eigenvalue weighted by Crippen LogP contribution is 2.49. The third-order valence-electron chi connectivity index (χ3n) is 12.8. The van der Waals surface area contributed by atoms with Crippen molar-refractivity contribution in [1.29, 1.82) is 0 Å². The van der Waals surface area contributed by atoms with Gasteiger partial charge in [0, 0.05) is 65.8 Å². The molecule has 410 valence electrons. The van der Waals surface area contributed by atoms with Crippen LogP contribution in [0.15, 0.2) is 120 Å². The Hall–Kier alpha value is -8.73. The third kappa shape index (κ3) is 15.1. The molecule has 2 heterocycles. The van der Waals surface area contributed by atoms with E-state index in [1.165, 1.54) is 4.31 Å². The van der Waals surface area contributed by atoms with Crippen LogP contribution in [0.25, 0.3) is 33.4 Å². The first-order valence-corrected chi connectivity index (χ1v) is 27.7. The number of nitrogens with one attached hydrogen (secondary N) is 2. The maximum absolute atomic E-state index is 14.1. The van der Waals surface area contributed by atoms with Crippen molar-refractivity contribution in [3.63, 3.8) is 0 Å². The molecule has 0 bridgehead atoms. The monoisotopic (exact) mass is 1090 g/mol. The van der Waals surface area contributed by atoms with Gasteiger partial charge in [-0.1, -0.05) is 114 Å². The van der Waals surface area contributed by atoms with Crippen molar-refractivity contribution < 1.29 is 46.5 Å². The third-order valence-corrected chi connectivity index (χ3v) is 14.6. The summed E-state index contributed by atoms with van der Waals surface area (Å²) in [6, 6.07) is 36.3. The lowest BCUT2D eigenvalue weighted by Crippen LogP contribution is -2.32. The summed E-state index contributed by atoms with van der Waals surface area (Å²) >= 11 is 0. The van der Waals surface area contributed by atoms with E-state index in [-0.39, 0.29) is 44.4 Å². The molecule has 14 heteroatoms. The Kier molecular flexibility index (Phi) is 22.6. The van der Waals surface area contributed by atoms with E-state index in [4.69, 9.17) is 9.47 Å². The summed E-state index contributed by atoms with van der Waals surface area (Å²) < 4.78 is 47.4. The SMILES string of the molecule is CC#CCN(CC#Cc1ccccc1)S(=O)(=O)c1ccc(C)cc1.CCOC(=O)C#CC#CC(=O)OCC.CCOC(=O)c1c(-c2c(C)c3c(c(-c4ccccc4)c2C(=O)OCC)CNC3)c(C)c2c(c1-c1ccccc1)CNC2. The zero-order chi connectivity index (χ0) is 57.6. The minimum atomic E-state index is -3.62. The van der Waals surface area contributed by atoms with Crippen LogP contribution in [-0.4, -0.2) is 76.1 Å². The Morgan fingerprint density at radius 1 is 0.512 bits per heavy atom. The van der Waals surface area contributed by atoms with Crippen molar-refractivity contribution in [2.75, 3.05) is 39.5 Å². The lowest BCUT2D eigenvalue weighted by molar-refractivity contribution is -0.137. The summed E-state index contributed by atoms with van der Waals surface area (Å²) in [6.45, 7) is 18.6. The van der Waals surface area contributed by atoms with Crippen LogP contribution in [0.1, 0.15) is 99.8 Å². The number of sulfonamides is 1. The number of benzene rings is 6. The van der Waals surface area contributed by atoms with Crippen molar-refractivity contribution in [2.45, 2.75) is 86.5 Å². The van der Waals surface area contributed by atoms with E-state index in [1.54, 1.807) is 45.0 Å². The molecule has 0 saturated carbocycles. The molecule has 2 aliphatic heterocycles. The van der Waals surface area contributed by atoms with Gasteiger partial charge < -0.3 is 29.6 Å². The lowest BCUT2D eigenvalue weighted by atomic mass is 9.77. The number of nitrogens with zero attached hydrogens (tertiary/aromatic N) is 1. The number of aryl methyl sites for hydroxylation is 1. The van der Waals surface area contributed by atoms with E-state index in [1.807, 2.05) is 112 Å². The van der Waals surface area contributed by atoms with Gasteiger partial charge >= 0.3 is 23.9 Å². The van der Waals surface area contributed by atoms with Crippen molar-refractivity contribution in [2.24, 2.45) is 0 Å². The second-order valence-corrected chi connectivity index (χ2v) is 19.9. The Bertz CT molecular complexity index is 3430. The highest BCUT2D eigenvalue weighted by atomic mass is 32.2. The van der Waals surface area contributed by atoms with Gasteiger partial charge in [0.1, 0.15) is 0 Å². The second-order valence-electron chi connectivity index (χ2n) is 17.9. The summed E-state index contributed by atoms with van der Waals surface area (Å²) in [4.78, 5) is 49.8. The zero-order valence-electron chi connectivity index (χ0n) is 46.5. The average Bonchev–Trinajstić information content (AvgIpc) is 4.26. The molecular formula is C66H65N3O10S. The summed E-state index contributed by atoms with van der Waals surface area (Å²) in [5.41, 5.74) is 14.5. The average molecular weight is 1090 g/mol. The summed E-state index contributed by atoms with van der Waals surface area (Å²) in [5.74, 6) is 17.9. The van der Waals surface area contributed by atoms with Crippen molar-refractivity contribution in [3.05, 3.63) is 171 Å². The normalized spacial score (nSPS) is 11.5. The van der Waals surface area contributed by atoms with Crippen molar-refractivity contribution >= 4 is 33.9 Å². The van der Waals surface area contributed by atoms with Crippen LogP contribution in [0.2, 0.25) is 0 Å². The number of rotatable bonds is 13. The maximum atomic E-state index is 14.1. The van der Waals surface area contributed by atoms with Gasteiger partial charge in [-0.2, -0.15) is 4.31 Å². The van der Waals surface area contributed by atoms with E-state index in [9.17, 15) is 27.6 Å². The van der Waals surface area contributed by atoms with Crippen LogP contribution in [0.5, 0.6) is 0 Å². The molecule has 0 spiro atoms. The highest BCUT2D eigenvalue weighted by molar-refractivity contribution is 7.89. The molecule has 0 unspecified atom stereocenters. The van der Waals surface area contributed by atoms with Crippen LogP contribution >= 0.6 is 0 Å². The van der Waals surface area contributed by atoms with Gasteiger partial charge in [-0.25, -0.2) is 27.6 Å². The summed E-state index contributed by atoms with van der Waals surface area (Å²) in [7, 11) is -3.62. The van der Waals surface area contributed by atoms with Gasteiger partial charge in [0.2, 0.25) is 10.0 Å². The van der Waals surface area contributed by atoms with Gasteiger partial charge in [0.25, 0.3) is 0 Å². The van der Waals surface area contributed by atoms with Gasteiger partial charge in [-0.05, 0) is 136 Å². The molecule has 0 aliphatic carbocycles. The van der Waals surface area contributed by atoms with Gasteiger partial charge in [-0.3, -0.25) is 0 Å². The predicted octanol–water partition coefficient (Wildman–Crippen LogP) is 10.0. The first-order chi connectivity index (χ1) is 38.7. The Labute approximate surface area is 470 Å². The fourth-order valence-corrected chi connectivity index (χ4v) is 10.5. The van der Waals surface area contributed by atoms with Gasteiger partial charge in [-0.15, -0.1) is 5.92 Å². The molecule has 0 atom stereocenters. The molecular weight excluding hydrogens is 1030 g/mol. The van der Waals surface area contributed by atoms with E-state index in [0.717, 1.165) is 77.9 Å². The molecule has 0 aromatic heterocycles. The zero-order valence-corrected chi connectivity index (χ0v) is 47.3. The number of fused-ring (bicyclic) bond motifs is 2. The minimum Gasteiger partial charge on any atom is -0.462 e.